The van der Waals surface area contributed by atoms with E-state index >= 15 is 0 Å². The second-order valence-corrected chi connectivity index (χ2v) is 3.99. The van der Waals surface area contributed by atoms with Crippen molar-refractivity contribution in [1.82, 2.24) is 19.7 Å². The summed E-state index contributed by atoms with van der Waals surface area (Å²) in [4.78, 5) is 7.79. The van der Waals surface area contributed by atoms with Crippen LogP contribution in [0.15, 0.2) is 18.6 Å². The highest BCUT2D eigenvalue weighted by Crippen LogP contribution is 2.24. The molecule has 0 unspecified atom stereocenters. The van der Waals surface area contributed by atoms with Crippen LogP contribution in [0.2, 0.25) is 0 Å². The Morgan fingerprint density at radius 2 is 2.14 bits per heavy atom. The monoisotopic (exact) mass is 297 g/mol. The van der Waals surface area contributed by atoms with E-state index in [1.54, 1.807) is 6.07 Å². The quantitative estimate of drug-likeness (QED) is 0.885. The molecule has 2 aromatic rings. The molecule has 110 valence electrons. The number of aromatic nitrogens is 4. The molecule has 0 aliphatic rings. The third-order valence-electron chi connectivity index (χ3n) is 2.50. The number of halogens is 3. The fourth-order valence-corrected chi connectivity index (χ4v) is 1.56. The summed E-state index contributed by atoms with van der Waals surface area (Å²) >= 11 is 0. The van der Waals surface area contributed by atoms with Crippen LogP contribution < -0.4 is 11.1 Å². The first-order valence-electron chi connectivity index (χ1n) is 5.78. The predicted octanol–water partition coefficient (Wildman–Crippen LogP) is 1.48. The van der Waals surface area contributed by atoms with Gasteiger partial charge in [0.2, 0.25) is 0 Å². The average molecular weight is 297 g/mol. The zero-order valence-corrected chi connectivity index (χ0v) is 10.6. The Balaban J connectivity index is 2.25. The van der Waals surface area contributed by atoms with Gasteiger partial charge in [0.1, 0.15) is 17.5 Å². The van der Waals surface area contributed by atoms with Crippen LogP contribution in [-0.2, 0) is 0 Å². The van der Waals surface area contributed by atoms with Crippen LogP contribution in [0.25, 0.3) is 5.82 Å². The summed E-state index contributed by atoms with van der Waals surface area (Å²) in [6, 6.07) is 1.80. The minimum Gasteiger partial charge on any atom is -0.382 e. The van der Waals surface area contributed by atoms with E-state index in [1.165, 1.54) is 18.6 Å². The van der Waals surface area contributed by atoms with E-state index in [0.29, 0.717) is 0 Å². The lowest BCUT2D eigenvalue weighted by Crippen LogP contribution is -2.15. The maximum Gasteiger partial charge on any atom is 0.390 e. The first-order valence-corrected chi connectivity index (χ1v) is 5.78. The summed E-state index contributed by atoms with van der Waals surface area (Å²) in [5.41, 5.74) is 5.71. The molecule has 0 saturated heterocycles. The molecule has 7 nitrogen and oxygen atoms in total. The van der Waals surface area contributed by atoms with Crippen molar-refractivity contribution in [3.8, 4) is 11.9 Å². The molecule has 3 N–H and O–H groups in total. The molecule has 0 saturated carbocycles. The summed E-state index contributed by atoms with van der Waals surface area (Å²) in [7, 11) is 0. The van der Waals surface area contributed by atoms with E-state index in [0.717, 1.165) is 4.68 Å². The number of hydrogen-bond donors (Lipinski definition) is 2. The summed E-state index contributed by atoms with van der Waals surface area (Å²) in [6.45, 7) is -0.408. The van der Waals surface area contributed by atoms with Gasteiger partial charge in [-0.05, 0) is 0 Å². The molecule has 2 rings (SSSR count). The molecule has 0 amide bonds. The van der Waals surface area contributed by atoms with Gasteiger partial charge in [0.05, 0.1) is 12.6 Å². The molecule has 0 atom stereocenters. The zero-order valence-electron chi connectivity index (χ0n) is 10.6. The van der Waals surface area contributed by atoms with Crippen molar-refractivity contribution in [2.45, 2.75) is 12.6 Å². The number of nitrogens with one attached hydrogen (secondary N) is 1. The Kier molecular flexibility index (Phi) is 3.93. The maximum absolute atomic E-state index is 12.1. The summed E-state index contributed by atoms with van der Waals surface area (Å²) in [5, 5.41) is 15.4. The standard InChI is InChI=1S/C11H10F3N7/c12-11(13,14)1-2-19-10-7(5-15)9(16)21(20-10)8-6-17-3-4-18-8/h3-4,6H,1-2,16H2,(H,19,20). The van der Waals surface area contributed by atoms with Gasteiger partial charge in [0.25, 0.3) is 0 Å². The number of alkyl halides is 3. The minimum absolute atomic E-state index is 0.0208. The van der Waals surface area contributed by atoms with E-state index in [1.807, 2.05) is 0 Å². The fourth-order valence-electron chi connectivity index (χ4n) is 1.56. The number of hydrogen-bond acceptors (Lipinski definition) is 6. The van der Waals surface area contributed by atoms with E-state index in [-0.39, 0.29) is 23.0 Å². The van der Waals surface area contributed by atoms with Gasteiger partial charge in [0.15, 0.2) is 11.6 Å². The SMILES string of the molecule is N#Cc1c(NCCC(F)(F)F)nn(-c2cnccn2)c1N. The average Bonchev–Trinajstić information content (AvgIpc) is 2.74. The van der Waals surface area contributed by atoms with Crippen molar-refractivity contribution in [1.29, 1.82) is 5.26 Å². The van der Waals surface area contributed by atoms with E-state index < -0.39 is 19.1 Å². The van der Waals surface area contributed by atoms with Crippen molar-refractivity contribution in [3.63, 3.8) is 0 Å². The Hall–Kier alpha value is -2.83. The van der Waals surface area contributed by atoms with Crippen LogP contribution >= 0.6 is 0 Å². The van der Waals surface area contributed by atoms with E-state index in [9.17, 15) is 13.2 Å². The maximum atomic E-state index is 12.1. The molecule has 0 aliphatic heterocycles. The molecule has 2 heterocycles. The Morgan fingerprint density at radius 3 is 2.71 bits per heavy atom. The lowest BCUT2D eigenvalue weighted by atomic mass is 10.3. The molecule has 0 radical (unpaired) electrons. The van der Waals surface area contributed by atoms with Crippen LogP contribution in [0.3, 0.4) is 0 Å². The third kappa shape index (κ3) is 3.38. The summed E-state index contributed by atoms with van der Waals surface area (Å²) in [5.74, 6) is 0.216. The normalized spacial score (nSPS) is 11.1. The second kappa shape index (κ2) is 5.66. The Morgan fingerprint density at radius 1 is 1.38 bits per heavy atom. The van der Waals surface area contributed by atoms with E-state index in [4.69, 9.17) is 11.0 Å². The van der Waals surface area contributed by atoms with Crippen molar-refractivity contribution in [2.24, 2.45) is 0 Å². The fraction of sp³-hybridized carbons (Fsp3) is 0.273. The number of nitrogens with two attached hydrogens (primary N) is 1. The van der Waals surface area contributed by atoms with Crippen LogP contribution in [0, 0.1) is 11.3 Å². The van der Waals surface area contributed by atoms with Crippen molar-refractivity contribution in [2.75, 3.05) is 17.6 Å². The van der Waals surface area contributed by atoms with Gasteiger partial charge in [-0.25, -0.2) is 4.98 Å². The molecule has 0 fully saturated rings. The van der Waals surface area contributed by atoms with Gasteiger partial charge in [0, 0.05) is 18.9 Å². The lowest BCUT2D eigenvalue weighted by Gasteiger charge is -2.06. The number of rotatable bonds is 4. The Bertz CT molecular complexity index is 657. The second-order valence-electron chi connectivity index (χ2n) is 3.99. The van der Waals surface area contributed by atoms with Gasteiger partial charge in [-0.3, -0.25) is 4.98 Å². The highest BCUT2D eigenvalue weighted by atomic mass is 19.4. The number of nitriles is 1. The smallest absolute Gasteiger partial charge is 0.382 e. The molecule has 21 heavy (non-hydrogen) atoms. The van der Waals surface area contributed by atoms with Crippen LogP contribution in [0.1, 0.15) is 12.0 Å². The van der Waals surface area contributed by atoms with Gasteiger partial charge in [-0.1, -0.05) is 0 Å². The van der Waals surface area contributed by atoms with Crippen molar-refractivity contribution < 1.29 is 13.2 Å². The predicted molar refractivity (Wildman–Crippen MR) is 67.4 cm³/mol. The van der Waals surface area contributed by atoms with Gasteiger partial charge >= 0.3 is 6.18 Å². The minimum atomic E-state index is -4.29. The zero-order chi connectivity index (χ0) is 15.5. The van der Waals surface area contributed by atoms with Crippen molar-refractivity contribution >= 4 is 11.6 Å². The van der Waals surface area contributed by atoms with E-state index in [2.05, 4.69) is 20.4 Å². The topological polar surface area (TPSA) is 105 Å². The number of nitrogens with zero attached hydrogens (tertiary/aromatic N) is 5. The molecule has 0 aromatic carbocycles. The molecule has 0 spiro atoms. The Labute approximate surface area is 117 Å². The molecule has 0 aliphatic carbocycles. The first kappa shape index (κ1) is 14.6. The van der Waals surface area contributed by atoms with Crippen molar-refractivity contribution in [3.05, 3.63) is 24.2 Å². The van der Waals surface area contributed by atoms with Gasteiger partial charge in [-0.2, -0.15) is 23.1 Å². The van der Waals surface area contributed by atoms with Gasteiger partial charge < -0.3 is 11.1 Å². The van der Waals surface area contributed by atoms with Crippen LogP contribution in [0.4, 0.5) is 24.8 Å². The highest BCUT2D eigenvalue weighted by molar-refractivity contribution is 5.65. The number of nitrogen functional groups attached to an aromatic ring is 1. The lowest BCUT2D eigenvalue weighted by molar-refractivity contribution is -0.131. The largest absolute Gasteiger partial charge is 0.390 e. The van der Waals surface area contributed by atoms with Crippen LogP contribution in [-0.4, -0.2) is 32.5 Å². The molecular formula is C11H10F3N7. The first-order chi connectivity index (χ1) is 9.92. The number of anilines is 2. The highest BCUT2D eigenvalue weighted by Gasteiger charge is 2.27. The summed E-state index contributed by atoms with van der Waals surface area (Å²) in [6.07, 6.45) is -1.13. The van der Waals surface area contributed by atoms with Gasteiger partial charge in [-0.15, -0.1) is 5.10 Å². The third-order valence-corrected chi connectivity index (χ3v) is 2.50. The molecule has 10 heteroatoms. The molecule has 2 aromatic heterocycles. The molecular weight excluding hydrogens is 287 g/mol. The summed E-state index contributed by atoms with van der Waals surface area (Å²) < 4.78 is 37.5. The van der Waals surface area contributed by atoms with Crippen LogP contribution in [0.5, 0.6) is 0 Å². The molecule has 0 bridgehead atoms.